The number of halogens is 6. The van der Waals surface area contributed by atoms with Crippen molar-refractivity contribution in [2.24, 2.45) is 0 Å². The molecule has 0 aliphatic carbocycles. The van der Waals surface area contributed by atoms with Crippen molar-refractivity contribution >= 4 is 11.6 Å². The molecule has 11 heteroatoms. The zero-order valence-electron chi connectivity index (χ0n) is 17.6. The number of rotatable bonds is 8. The number of hydrogen-bond donors (Lipinski definition) is 0. The average molecular weight is 488 g/mol. The second-order valence-corrected chi connectivity index (χ2v) is 7.42. The highest BCUT2D eigenvalue weighted by molar-refractivity contribution is 6.31. The van der Waals surface area contributed by atoms with E-state index in [1.54, 1.807) is 18.2 Å². The maximum Gasteiger partial charge on any atom is 0.417 e. The molecule has 0 amide bonds. The number of aromatic nitrogens is 3. The summed E-state index contributed by atoms with van der Waals surface area (Å²) in [6.45, 7) is 1.53. The van der Waals surface area contributed by atoms with E-state index in [9.17, 15) is 22.0 Å². The van der Waals surface area contributed by atoms with Crippen LogP contribution in [-0.2, 0) is 19.0 Å². The summed E-state index contributed by atoms with van der Waals surface area (Å²) < 4.78 is 75.0. The van der Waals surface area contributed by atoms with Crippen LogP contribution in [0.15, 0.2) is 36.5 Å². The lowest BCUT2D eigenvalue weighted by Crippen LogP contribution is -2.05. The van der Waals surface area contributed by atoms with Crippen molar-refractivity contribution in [2.75, 3.05) is 7.11 Å². The molecule has 0 bridgehead atoms. The van der Waals surface area contributed by atoms with E-state index in [0.29, 0.717) is 36.9 Å². The minimum atomic E-state index is -4.49. The molecular formula is C22H19ClF5N3O2. The van der Waals surface area contributed by atoms with E-state index < -0.39 is 23.9 Å². The molecular weight excluding hydrogens is 469 g/mol. The Morgan fingerprint density at radius 2 is 1.79 bits per heavy atom. The SMILES string of the molecule is COc1cc(CCCc2nc(C)nc(C(F)F)c2Cl)ccc1Oc1ccc(C(F)(F)F)cn1. The number of pyridine rings is 1. The van der Waals surface area contributed by atoms with Crippen LogP contribution in [0.1, 0.15) is 41.2 Å². The monoisotopic (exact) mass is 487 g/mol. The Morgan fingerprint density at radius 3 is 2.39 bits per heavy atom. The molecule has 0 atom stereocenters. The lowest BCUT2D eigenvalue weighted by Gasteiger charge is -2.13. The number of benzene rings is 1. The van der Waals surface area contributed by atoms with Crippen LogP contribution in [0.25, 0.3) is 0 Å². The Labute approximate surface area is 191 Å². The van der Waals surface area contributed by atoms with Crippen LogP contribution in [-0.4, -0.2) is 22.1 Å². The quantitative estimate of drug-likeness (QED) is 0.328. The molecule has 0 aliphatic rings. The number of nitrogens with zero attached hydrogens (tertiary/aromatic N) is 3. The summed E-state index contributed by atoms with van der Waals surface area (Å²) in [6.07, 6.45) is -5.07. The molecule has 2 heterocycles. The first-order valence-corrected chi connectivity index (χ1v) is 10.2. The lowest BCUT2D eigenvalue weighted by molar-refractivity contribution is -0.137. The third-order valence-electron chi connectivity index (χ3n) is 4.65. The van der Waals surface area contributed by atoms with Crippen molar-refractivity contribution in [1.82, 2.24) is 15.0 Å². The van der Waals surface area contributed by atoms with E-state index in [4.69, 9.17) is 21.1 Å². The van der Waals surface area contributed by atoms with Gasteiger partial charge in [-0.15, -0.1) is 0 Å². The molecule has 0 fully saturated rings. The van der Waals surface area contributed by atoms with Gasteiger partial charge in [0.05, 0.1) is 23.4 Å². The fourth-order valence-electron chi connectivity index (χ4n) is 3.08. The predicted molar refractivity (Wildman–Crippen MR) is 111 cm³/mol. The third-order valence-corrected chi connectivity index (χ3v) is 5.06. The van der Waals surface area contributed by atoms with Crippen LogP contribution in [0.4, 0.5) is 22.0 Å². The molecule has 0 saturated heterocycles. The third kappa shape index (κ3) is 6.28. The van der Waals surface area contributed by atoms with Crippen LogP contribution < -0.4 is 9.47 Å². The molecule has 1 aromatic carbocycles. The van der Waals surface area contributed by atoms with Gasteiger partial charge in [0.25, 0.3) is 6.43 Å². The van der Waals surface area contributed by atoms with Gasteiger partial charge >= 0.3 is 6.18 Å². The molecule has 176 valence electrons. The first-order chi connectivity index (χ1) is 15.6. The Kier molecular flexibility index (Phi) is 7.68. The van der Waals surface area contributed by atoms with Gasteiger partial charge in [0.15, 0.2) is 11.5 Å². The number of ether oxygens (including phenoxy) is 2. The van der Waals surface area contributed by atoms with Crippen molar-refractivity contribution in [2.45, 2.75) is 38.8 Å². The number of alkyl halides is 5. The molecule has 0 spiro atoms. The van der Waals surface area contributed by atoms with Gasteiger partial charge in [-0.2, -0.15) is 13.2 Å². The summed E-state index contributed by atoms with van der Waals surface area (Å²) in [4.78, 5) is 11.5. The summed E-state index contributed by atoms with van der Waals surface area (Å²) in [5, 5.41) is -0.124. The minimum absolute atomic E-state index is 0.0161. The molecule has 5 nitrogen and oxygen atoms in total. The zero-order chi connectivity index (χ0) is 24.2. The lowest BCUT2D eigenvalue weighted by atomic mass is 10.1. The van der Waals surface area contributed by atoms with Gasteiger partial charge in [0, 0.05) is 12.3 Å². The highest BCUT2D eigenvalue weighted by Crippen LogP contribution is 2.34. The van der Waals surface area contributed by atoms with Gasteiger partial charge in [0.2, 0.25) is 5.88 Å². The molecule has 0 saturated carbocycles. The summed E-state index contributed by atoms with van der Waals surface area (Å²) in [5.74, 6) is 0.858. The normalized spacial score (nSPS) is 11.7. The van der Waals surface area contributed by atoms with Gasteiger partial charge in [-0.1, -0.05) is 17.7 Å². The van der Waals surface area contributed by atoms with Crippen molar-refractivity contribution < 1.29 is 31.4 Å². The molecule has 3 rings (SSSR count). The molecule has 2 aromatic heterocycles. The topological polar surface area (TPSA) is 57.1 Å². The van der Waals surface area contributed by atoms with E-state index in [-0.39, 0.29) is 22.5 Å². The van der Waals surface area contributed by atoms with Crippen molar-refractivity contribution in [3.8, 4) is 17.4 Å². The summed E-state index contributed by atoms with van der Waals surface area (Å²) >= 11 is 6.03. The Morgan fingerprint density at radius 1 is 1.03 bits per heavy atom. The molecule has 33 heavy (non-hydrogen) atoms. The number of methoxy groups -OCH3 is 1. The summed E-state index contributed by atoms with van der Waals surface area (Å²) in [5.41, 5.74) is -0.119. The van der Waals surface area contributed by atoms with Crippen LogP contribution in [0, 0.1) is 6.92 Å². The Balaban J connectivity index is 1.67. The van der Waals surface area contributed by atoms with Gasteiger partial charge in [-0.3, -0.25) is 0 Å². The highest BCUT2D eigenvalue weighted by Gasteiger charge is 2.30. The standard InChI is InChI=1S/C22H19ClF5N3O2/c1-12-30-15(19(23)20(31-12)21(24)25)5-3-4-13-6-8-16(17(10-13)32-2)33-18-9-7-14(11-29-18)22(26,27)28/h6-11,21H,3-5H2,1-2H3. The maximum absolute atomic E-state index is 13.1. The second kappa shape index (κ2) is 10.3. The van der Waals surface area contributed by atoms with E-state index >= 15 is 0 Å². The largest absolute Gasteiger partial charge is 0.493 e. The fraction of sp³-hybridized carbons (Fsp3) is 0.318. The highest BCUT2D eigenvalue weighted by atomic mass is 35.5. The number of hydrogen-bond acceptors (Lipinski definition) is 5. The zero-order valence-corrected chi connectivity index (χ0v) is 18.3. The minimum Gasteiger partial charge on any atom is -0.493 e. The smallest absolute Gasteiger partial charge is 0.417 e. The molecule has 3 aromatic rings. The Hall–Kier alpha value is -3.01. The van der Waals surface area contributed by atoms with Crippen LogP contribution in [0.3, 0.4) is 0 Å². The van der Waals surface area contributed by atoms with E-state index in [1.807, 2.05) is 0 Å². The average Bonchev–Trinajstić information content (AvgIpc) is 2.76. The first-order valence-electron chi connectivity index (χ1n) is 9.77. The molecule has 0 N–H and O–H groups in total. The maximum atomic E-state index is 13.1. The Bertz CT molecular complexity index is 1110. The molecule has 0 radical (unpaired) electrons. The van der Waals surface area contributed by atoms with E-state index in [0.717, 1.165) is 17.7 Å². The summed E-state index contributed by atoms with van der Waals surface area (Å²) in [7, 11) is 1.43. The van der Waals surface area contributed by atoms with E-state index in [2.05, 4.69) is 15.0 Å². The fourth-order valence-corrected chi connectivity index (χ4v) is 3.35. The second-order valence-electron chi connectivity index (χ2n) is 7.04. The van der Waals surface area contributed by atoms with Gasteiger partial charge in [0.1, 0.15) is 11.5 Å². The van der Waals surface area contributed by atoms with Gasteiger partial charge in [-0.05, 0) is 49.9 Å². The van der Waals surface area contributed by atoms with Crippen LogP contribution in [0.5, 0.6) is 17.4 Å². The van der Waals surface area contributed by atoms with E-state index in [1.165, 1.54) is 14.0 Å². The molecule has 0 unspecified atom stereocenters. The van der Waals surface area contributed by atoms with Crippen LogP contribution in [0.2, 0.25) is 5.02 Å². The van der Waals surface area contributed by atoms with Crippen molar-refractivity contribution in [3.05, 3.63) is 69.9 Å². The van der Waals surface area contributed by atoms with Crippen molar-refractivity contribution in [1.29, 1.82) is 0 Å². The van der Waals surface area contributed by atoms with Gasteiger partial charge in [-0.25, -0.2) is 23.7 Å². The van der Waals surface area contributed by atoms with Crippen molar-refractivity contribution in [3.63, 3.8) is 0 Å². The van der Waals surface area contributed by atoms with Gasteiger partial charge < -0.3 is 9.47 Å². The first kappa shape index (κ1) is 24.6. The summed E-state index contributed by atoms with van der Waals surface area (Å²) in [6, 6.07) is 7.10. The molecule has 0 aliphatic heterocycles. The van der Waals surface area contributed by atoms with Crippen LogP contribution >= 0.6 is 11.6 Å². The predicted octanol–water partition coefficient (Wildman–Crippen LogP) is 6.77. The number of aryl methyl sites for hydroxylation is 3.